The third-order valence-corrected chi connectivity index (χ3v) is 3.58. The number of benzene rings is 1. The number of esters is 1. The van der Waals surface area contributed by atoms with E-state index in [1.54, 1.807) is 0 Å². The third kappa shape index (κ3) is 4.35. The fourth-order valence-corrected chi connectivity index (χ4v) is 2.46. The van der Waals surface area contributed by atoms with Gasteiger partial charge in [-0.25, -0.2) is 0 Å². The Balaban J connectivity index is 0.00000220. The van der Waals surface area contributed by atoms with Crippen LogP contribution in [0.15, 0.2) is 24.3 Å². The van der Waals surface area contributed by atoms with Crippen LogP contribution < -0.4 is 5.32 Å². The molecule has 1 fully saturated rings. The van der Waals surface area contributed by atoms with Crippen molar-refractivity contribution < 1.29 is 22.7 Å². The highest BCUT2D eigenvalue weighted by Gasteiger charge is 2.31. The van der Waals surface area contributed by atoms with Crippen molar-refractivity contribution in [3.8, 4) is 0 Å². The molecule has 0 saturated carbocycles. The number of piperidine rings is 1. The number of alkyl halides is 3. The molecule has 1 saturated heterocycles. The minimum atomic E-state index is -4.33. The summed E-state index contributed by atoms with van der Waals surface area (Å²) in [6.07, 6.45) is -3.10. The molecule has 0 spiro atoms. The zero-order valence-electron chi connectivity index (χ0n) is 11.4. The van der Waals surface area contributed by atoms with Crippen LogP contribution in [0.4, 0.5) is 13.2 Å². The molecule has 7 heteroatoms. The van der Waals surface area contributed by atoms with Gasteiger partial charge in [-0.2, -0.15) is 13.2 Å². The Morgan fingerprint density at radius 3 is 2.43 bits per heavy atom. The number of rotatable bonds is 2. The Hall–Kier alpha value is -1.27. The smallest absolute Gasteiger partial charge is 0.416 e. The quantitative estimate of drug-likeness (QED) is 0.848. The zero-order valence-corrected chi connectivity index (χ0v) is 12.3. The number of halogens is 4. The maximum Gasteiger partial charge on any atom is 0.416 e. The van der Waals surface area contributed by atoms with Crippen LogP contribution in [0.2, 0.25) is 0 Å². The number of carbonyl (C=O) groups is 1. The molecule has 0 unspecified atom stereocenters. The molecule has 3 nitrogen and oxygen atoms in total. The number of methoxy groups -OCH3 is 1. The normalized spacial score (nSPS) is 22.3. The van der Waals surface area contributed by atoms with Crippen LogP contribution in [0.1, 0.15) is 30.0 Å². The van der Waals surface area contributed by atoms with Gasteiger partial charge in [0.15, 0.2) is 0 Å². The Kier molecular flexibility index (Phi) is 6.04. The Bertz CT molecular complexity index is 476. The molecular formula is C14H17ClF3NO2. The minimum Gasteiger partial charge on any atom is -0.469 e. The predicted molar refractivity (Wildman–Crippen MR) is 74.2 cm³/mol. The summed E-state index contributed by atoms with van der Waals surface area (Å²) in [5.74, 6) is -0.461. The number of hydrogen-bond acceptors (Lipinski definition) is 3. The molecule has 1 N–H and O–H groups in total. The van der Waals surface area contributed by atoms with Gasteiger partial charge in [0.05, 0.1) is 18.6 Å². The van der Waals surface area contributed by atoms with Crippen molar-refractivity contribution >= 4 is 18.4 Å². The first-order chi connectivity index (χ1) is 9.41. The Morgan fingerprint density at radius 1 is 1.29 bits per heavy atom. The van der Waals surface area contributed by atoms with Gasteiger partial charge >= 0.3 is 12.1 Å². The summed E-state index contributed by atoms with van der Waals surface area (Å²) in [5, 5.41) is 3.21. The molecule has 0 amide bonds. The lowest BCUT2D eigenvalue weighted by Gasteiger charge is -2.29. The second-order valence-corrected chi connectivity index (χ2v) is 4.87. The van der Waals surface area contributed by atoms with Gasteiger partial charge in [-0.3, -0.25) is 4.79 Å². The van der Waals surface area contributed by atoms with E-state index in [1.807, 2.05) is 0 Å². The molecule has 1 aromatic carbocycles. The van der Waals surface area contributed by atoms with E-state index in [0.29, 0.717) is 19.4 Å². The average molecular weight is 324 g/mol. The van der Waals surface area contributed by atoms with Crippen LogP contribution in [0.25, 0.3) is 0 Å². The summed E-state index contributed by atoms with van der Waals surface area (Å²) in [4.78, 5) is 11.5. The van der Waals surface area contributed by atoms with Crippen molar-refractivity contribution in [3.05, 3.63) is 35.4 Å². The van der Waals surface area contributed by atoms with E-state index in [2.05, 4.69) is 5.32 Å². The second kappa shape index (κ2) is 7.13. The zero-order chi connectivity index (χ0) is 14.8. The molecule has 0 aromatic heterocycles. The van der Waals surface area contributed by atoms with Gasteiger partial charge in [0.25, 0.3) is 0 Å². The molecule has 0 bridgehead atoms. The summed E-state index contributed by atoms with van der Waals surface area (Å²) in [6.45, 7) is 0.644. The highest BCUT2D eigenvalue weighted by molar-refractivity contribution is 5.85. The molecule has 2 rings (SSSR count). The molecule has 118 valence electrons. The number of hydrogen-bond donors (Lipinski definition) is 1. The van der Waals surface area contributed by atoms with Crippen LogP contribution in [0.3, 0.4) is 0 Å². The molecule has 0 radical (unpaired) electrons. The van der Waals surface area contributed by atoms with Crippen molar-refractivity contribution in [3.63, 3.8) is 0 Å². The molecular weight excluding hydrogens is 307 g/mol. The van der Waals surface area contributed by atoms with Gasteiger partial charge in [0.2, 0.25) is 0 Å². The van der Waals surface area contributed by atoms with Crippen LogP contribution in [0, 0.1) is 5.92 Å². The summed E-state index contributed by atoms with van der Waals surface area (Å²) in [6, 6.07) is 4.94. The van der Waals surface area contributed by atoms with E-state index in [1.165, 1.54) is 19.2 Å². The van der Waals surface area contributed by atoms with Crippen molar-refractivity contribution in [1.29, 1.82) is 0 Å². The van der Waals surface area contributed by atoms with Crippen LogP contribution in [-0.2, 0) is 15.7 Å². The third-order valence-electron chi connectivity index (χ3n) is 3.58. The molecule has 1 aliphatic rings. The second-order valence-electron chi connectivity index (χ2n) is 4.87. The standard InChI is InChI=1S/C14H16F3NO2.ClH/c1-20-13(19)10-6-7-18-12(8-10)9-2-4-11(5-3-9)14(15,16)17;/h2-5,10,12,18H,6-8H2,1H3;1H/t10-,12+;/m1./s1. The van der Waals surface area contributed by atoms with E-state index >= 15 is 0 Å². The van der Waals surface area contributed by atoms with Gasteiger partial charge in [0.1, 0.15) is 0 Å². The summed E-state index contributed by atoms with van der Waals surface area (Å²) in [5.41, 5.74) is 0.0909. The largest absolute Gasteiger partial charge is 0.469 e. The van der Waals surface area contributed by atoms with Gasteiger partial charge in [-0.15, -0.1) is 12.4 Å². The molecule has 2 atom stereocenters. The van der Waals surface area contributed by atoms with Crippen LogP contribution in [-0.4, -0.2) is 19.6 Å². The van der Waals surface area contributed by atoms with Crippen LogP contribution in [0.5, 0.6) is 0 Å². The highest BCUT2D eigenvalue weighted by Crippen LogP contribution is 2.32. The highest BCUT2D eigenvalue weighted by atomic mass is 35.5. The minimum absolute atomic E-state index is 0. The lowest BCUT2D eigenvalue weighted by atomic mass is 9.88. The van der Waals surface area contributed by atoms with Crippen molar-refractivity contribution in [2.75, 3.05) is 13.7 Å². The number of carbonyl (C=O) groups excluding carboxylic acids is 1. The first-order valence-electron chi connectivity index (χ1n) is 6.40. The van der Waals surface area contributed by atoms with E-state index in [4.69, 9.17) is 4.74 Å². The number of nitrogens with one attached hydrogen (secondary N) is 1. The summed E-state index contributed by atoms with van der Waals surface area (Å²) >= 11 is 0. The molecule has 1 heterocycles. The molecule has 1 aliphatic heterocycles. The van der Waals surface area contributed by atoms with Crippen molar-refractivity contribution in [2.45, 2.75) is 25.1 Å². The lowest BCUT2D eigenvalue weighted by molar-refractivity contribution is -0.146. The van der Waals surface area contributed by atoms with Crippen molar-refractivity contribution in [2.24, 2.45) is 5.92 Å². The van der Waals surface area contributed by atoms with Gasteiger partial charge in [0, 0.05) is 6.04 Å². The molecule has 0 aliphatic carbocycles. The topological polar surface area (TPSA) is 38.3 Å². The maximum absolute atomic E-state index is 12.5. The van der Waals surface area contributed by atoms with Gasteiger partial charge < -0.3 is 10.1 Å². The fourth-order valence-electron chi connectivity index (χ4n) is 2.46. The molecule has 1 aromatic rings. The molecule has 21 heavy (non-hydrogen) atoms. The maximum atomic E-state index is 12.5. The number of ether oxygens (including phenoxy) is 1. The van der Waals surface area contributed by atoms with E-state index in [0.717, 1.165) is 17.7 Å². The SMILES string of the molecule is COC(=O)[C@@H]1CCN[C@H](c2ccc(C(F)(F)F)cc2)C1.Cl. The Labute approximate surface area is 127 Å². The first kappa shape index (κ1) is 17.8. The van der Waals surface area contributed by atoms with Crippen molar-refractivity contribution in [1.82, 2.24) is 5.32 Å². The fraction of sp³-hybridized carbons (Fsp3) is 0.500. The van der Waals surface area contributed by atoms with Gasteiger partial charge in [-0.1, -0.05) is 12.1 Å². The first-order valence-corrected chi connectivity index (χ1v) is 6.40. The van der Waals surface area contributed by atoms with Gasteiger partial charge in [-0.05, 0) is 37.1 Å². The van der Waals surface area contributed by atoms with Crippen LogP contribution >= 0.6 is 12.4 Å². The summed E-state index contributed by atoms with van der Waals surface area (Å²) in [7, 11) is 1.34. The predicted octanol–water partition coefficient (Wildman–Crippen LogP) is 3.34. The average Bonchev–Trinajstić information content (AvgIpc) is 2.46. The monoisotopic (exact) mass is 323 g/mol. The van der Waals surface area contributed by atoms with E-state index in [9.17, 15) is 18.0 Å². The van der Waals surface area contributed by atoms with E-state index < -0.39 is 11.7 Å². The lowest BCUT2D eigenvalue weighted by Crippen LogP contribution is -2.35. The summed E-state index contributed by atoms with van der Waals surface area (Å²) < 4.78 is 42.2. The van der Waals surface area contributed by atoms with E-state index in [-0.39, 0.29) is 30.3 Å². The Morgan fingerprint density at radius 2 is 1.90 bits per heavy atom.